The van der Waals surface area contributed by atoms with Crippen molar-refractivity contribution in [3.63, 3.8) is 0 Å². The van der Waals surface area contributed by atoms with Gasteiger partial charge in [0.25, 0.3) is 0 Å². The molecule has 0 saturated heterocycles. The molecule has 0 bridgehead atoms. The molecule has 23 heavy (non-hydrogen) atoms. The Bertz CT molecular complexity index is 417. The summed E-state index contributed by atoms with van der Waals surface area (Å²) in [5.74, 6) is 0. The van der Waals surface area contributed by atoms with Crippen LogP contribution in [0.1, 0.15) is 0 Å². The fraction of sp³-hybridized carbons (Fsp3) is 0. The van der Waals surface area contributed by atoms with Gasteiger partial charge in [-0.3, -0.25) is 9.97 Å². The molecule has 0 spiro atoms. The molecule has 2 aromatic rings. The minimum absolute atomic E-state index is 0. The molecule has 0 unspecified atom stereocenters. The van der Waals surface area contributed by atoms with Crippen LogP contribution in [0.15, 0.2) is 48.8 Å². The first-order valence-corrected chi connectivity index (χ1v) is 7.12. The van der Waals surface area contributed by atoms with Gasteiger partial charge in [-0.15, -0.1) is 0 Å². The Balaban J connectivity index is 0.000000200. The van der Waals surface area contributed by atoms with Gasteiger partial charge in [0.05, 0.1) is 11.4 Å². The van der Waals surface area contributed by atoms with Crippen LogP contribution < -0.4 is 0 Å². The van der Waals surface area contributed by atoms with Gasteiger partial charge in [-0.05, 0) is 88.5 Å². The fourth-order valence-corrected chi connectivity index (χ4v) is 1.67. The number of hydrogen-bond donors (Lipinski definition) is 0. The molecule has 0 aliphatic heterocycles. The maximum atomic E-state index is 4.19. The Labute approximate surface area is 153 Å². The van der Waals surface area contributed by atoms with Crippen molar-refractivity contribution in [2.45, 2.75) is 0 Å². The molecule has 2 nitrogen and oxygen atoms in total. The van der Waals surface area contributed by atoms with Gasteiger partial charge in [-0.2, -0.15) is 0 Å². The van der Waals surface area contributed by atoms with Gasteiger partial charge in [0.1, 0.15) is 0 Å². The van der Waals surface area contributed by atoms with Gasteiger partial charge in [0.2, 0.25) is 0 Å². The first kappa shape index (κ1) is 19.9. The molecular weight excluding hydrogens is 319 g/mol. The SMILES string of the molecule is [CH]1[CH][CH][CH][CH]1.[CH]1[CH][CH][CH][CH]1.[V+4].c1ccc(-c2ccccn2)nc1. The molecular formula is C20H18N2V+4. The largest absolute Gasteiger partial charge is 4.00 e. The van der Waals surface area contributed by atoms with Crippen LogP contribution in [0.5, 0.6) is 0 Å². The van der Waals surface area contributed by atoms with Crippen LogP contribution in [0.3, 0.4) is 0 Å². The van der Waals surface area contributed by atoms with E-state index in [1.54, 1.807) is 12.4 Å². The van der Waals surface area contributed by atoms with Crippen molar-refractivity contribution in [1.82, 2.24) is 9.97 Å². The Morgan fingerprint density at radius 1 is 0.435 bits per heavy atom. The van der Waals surface area contributed by atoms with E-state index in [1.165, 1.54) is 0 Å². The summed E-state index contributed by atoms with van der Waals surface area (Å²) in [5, 5.41) is 0. The molecule has 2 heterocycles. The van der Waals surface area contributed by atoms with E-state index >= 15 is 0 Å². The standard InChI is InChI=1S/C10H8N2.2C5H5.V/c1-3-7-11-9(5-1)10-6-2-4-8-12-10;2*1-2-4-5-3-1;/h1-8H;2*1-5H;/q;;;+4. The molecule has 0 N–H and O–H groups in total. The molecule has 109 valence electrons. The van der Waals surface area contributed by atoms with Crippen molar-refractivity contribution in [1.29, 1.82) is 0 Å². The topological polar surface area (TPSA) is 25.8 Å². The van der Waals surface area contributed by atoms with Crippen molar-refractivity contribution < 1.29 is 18.6 Å². The summed E-state index contributed by atoms with van der Waals surface area (Å²) in [5.41, 5.74) is 1.83. The third-order valence-electron chi connectivity index (χ3n) is 2.70. The summed E-state index contributed by atoms with van der Waals surface area (Å²) in [6.45, 7) is 0. The van der Waals surface area contributed by atoms with Crippen molar-refractivity contribution in [2.24, 2.45) is 0 Å². The molecule has 2 aliphatic carbocycles. The Hall–Kier alpha value is -1.12. The monoisotopic (exact) mass is 337 g/mol. The molecule has 0 aromatic carbocycles. The quantitative estimate of drug-likeness (QED) is 0.780. The van der Waals surface area contributed by atoms with Crippen molar-refractivity contribution in [2.75, 3.05) is 0 Å². The zero-order chi connectivity index (χ0) is 15.3. The smallest absolute Gasteiger partial charge is 0.255 e. The Kier molecular flexibility index (Phi) is 11.6. The average Bonchev–Trinajstić information content (AvgIpc) is 3.34. The van der Waals surface area contributed by atoms with E-state index in [0.717, 1.165) is 11.4 Å². The maximum absolute atomic E-state index is 4.19. The molecule has 2 saturated carbocycles. The number of aromatic nitrogens is 2. The van der Waals surface area contributed by atoms with Gasteiger partial charge in [0.15, 0.2) is 0 Å². The summed E-state index contributed by atoms with van der Waals surface area (Å²) in [4.78, 5) is 8.37. The zero-order valence-corrected chi connectivity index (χ0v) is 14.1. The number of nitrogens with zero attached hydrogens (tertiary/aromatic N) is 2. The molecule has 2 aliphatic rings. The van der Waals surface area contributed by atoms with Crippen molar-refractivity contribution in [3.8, 4) is 11.4 Å². The van der Waals surface area contributed by atoms with Gasteiger partial charge >= 0.3 is 18.6 Å². The van der Waals surface area contributed by atoms with Gasteiger partial charge < -0.3 is 0 Å². The van der Waals surface area contributed by atoms with Gasteiger partial charge in [0, 0.05) is 12.4 Å². The van der Waals surface area contributed by atoms with E-state index in [9.17, 15) is 0 Å². The van der Waals surface area contributed by atoms with Crippen LogP contribution in [0.4, 0.5) is 0 Å². The number of hydrogen-bond acceptors (Lipinski definition) is 2. The van der Waals surface area contributed by atoms with Crippen LogP contribution in [0.25, 0.3) is 11.4 Å². The first-order valence-electron chi connectivity index (χ1n) is 7.12. The molecule has 11 radical (unpaired) electrons. The van der Waals surface area contributed by atoms with Gasteiger partial charge in [-0.25, -0.2) is 0 Å². The second-order valence-corrected chi connectivity index (χ2v) is 4.35. The van der Waals surface area contributed by atoms with Gasteiger partial charge in [-0.1, -0.05) is 12.1 Å². The van der Waals surface area contributed by atoms with E-state index < -0.39 is 0 Å². The Morgan fingerprint density at radius 3 is 0.957 bits per heavy atom. The summed E-state index contributed by atoms with van der Waals surface area (Å²) >= 11 is 0. The van der Waals surface area contributed by atoms with E-state index in [-0.39, 0.29) is 18.6 Å². The molecule has 4 rings (SSSR count). The average molecular weight is 337 g/mol. The second-order valence-electron chi connectivity index (χ2n) is 4.35. The first-order chi connectivity index (χ1) is 11.0. The van der Waals surface area contributed by atoms with Crippen LogP contribution in [0.2, 0.25) is 0 Å². The Morgan fingerprint density at radius 2 is 0.739 bits per heavy atom. The summed E-state index contributed by atoms with van der Waals surface area (Å²) in [7, 11) is 0. The molecule has 3 heteroatoms. The summed E-state index contributed by atoms with van der Waals surface area (Å²) < 4.78 is 0. The molecule has 2 fully saturated rings. The van der Waals surface area contributed by atoms with Crippen molar-refractivity contribution in [3.05, 3.63) is 113 Å². The second kappa shape index (κ2) is 13.3. The predicted octanol–water partition coefficient (Wildman–Crippen LogP) is 4.18. The third-order valence-corrected chi connectivity index (χ3v) is 2.70. The number of rotatable bonds is 1. The van der Waals surface area contributed by atoms with E-state index in [0.29, 0.717) is 0 Å². The van der Waals surface area contributed by atoms with E-state index in [2.05, 4.69) is 9.97 Å². The maximum Gasteiger partial charge on any atom is 4.00 e. The van der Waals surface area contributed by atoms with Crippen molar-refractivity contribution >= 4 is 0 Å². The van der Waals surface area contributed by atoms with E-state index in [4.69, 9.17) is 0 Å². The van der Waals surface area contributed by atoms with Crippen LogP contribution >= 0.6 is 0 Å². The molecule has 2 aromatic heterocycles. The summed E-state index contributed by atoms with van der Waals surface area (Å²) in [6, 6.07) is 11.6. The van der Waals surface area contributed by atoms with E-state index in [1.807, 2.05) is 101 Å². The minimum Gasteiger partial charge on any atom is -0.255 e. The molecule has 0 amide bonds. The minimum atomic E-state index is 0. The predicted molar refractivity (Wildman–Crippen MR) is 90.5 cm³/mol. The molecule has 0 atom stereocenters. The van der Waals surface area contributed by atoms with Crippen LogP contribution in [-0.2, 0) is 18.6 Å². The summed E-state index contributed by atoms with van der Waals surface area (Å²) in [6.07, 6.45) is 23.5. The van der Waals surface area contributed by atoms with Crippen LogP contribution in [-0.4, -0.2) is 9.97 Å². The zero-order valence-electron chi connectivity index (χ0n) is 12.7. The van der Waals surface area contributed by atoms with Crippen LogP contribution in [0, 0.1) is 64.2 Å². The number of pyridine rings is 2. The fourth-order valence-electron chi connectivity index (χ4n) is 1.67. The normalized spacial score (nSPS) is 15.5. The third kappa shape index (κ3) is 8.93.